The Morgan fingerprint density at radius 3 is 2.12 bits per heavy atom. The molecule has 0 nitrogen and oxygen atoms in total. The third-order valence-electron chi connectivity index (χ3n) is 3.60. The summed E-state index contributed by atoms with van der Waals surface area (Å²) in [5.41, 5.74) is 2.32. The number of benzene rings is 1. The zero-order chi connectivity index (χ0) is 16.4. The van der Waals surface area contributed by atoms with Crippen LogP contribution in [0.15, 0.2) is 66.0 Å². The van der Waals surface area contributed by atoms with Crippen LogP contribution in [0.2, 0.25) is 0 Å². The van der Waals surface area contributed by atoms with Gasteiger partial charge in [-0.1, -0.05) is 35.6 Å². The minimum atomic E-state index is 1.06. The smallest absolute Gasteiger partial charge is 0.0779 e. The Labute approximate surface area is 154 Å². The van der Waals surface area contributed by atoms with Crippen LogP contribution in [0, 0.1) is 18.8 Å². The van der Waals surface area contributed by atoms with E-state index in [1.807, 2.05) is 11.3 Å². The fourth-order valence-electron chi connectivity index (χ4n) is 2.33. The maximum absolute atomic E-state index is 3.28. The van der Waals surface area contributed by atoms with E-state index in [1.54, 1.807) is 22.7 Å². The van der Waals surface area contributed by atoms with Crippen molar-refractivity contribution in [3.63, 3.8) is 0 Å². The van der Waals surface area contributed by atoms with E-state index in [4.69, 9.17) is 0 Å². The van der Waals surface area contributed by atoms with Gasteiger partial charge in [0.2, 0.25) is 0 Å². The highest BCUT2D eigenvalue weighted by Gasteiger charge is 2.07. The van der Waals surface area contributed by atoms with Gasteiger partial charge in [0.25, 0.3) is 0 Å². The molecule has 0 saturated heterocycles. The summed E-state index contributed by atoms with van der Waals surface area (Å²) in [7, 11) is 0. The van der Waals surface area contributed by atoms with Crippen molar-refractivity contribution in [2.75, 3.05) is 0 Å². The van der Waals surface area contributed by atoms with Crippen molar-refractivity contribution in [1.82, 2.24) is 0 Å². The standard InChI is InChI=1S/C21H14S3/c1-15-4-6-16(7-5-15)8-9-17-10-11-20(23-17)21-13-12-19(24-21)18-3-2-14-22-18/h2-7,10-14H,1H3. The van der Waals surface area contributed by atoms with E-state index in [0.717, 1.165) is 10.4 Å². The zero-order valence-electron chi connectivity index (χ0n) is 13.1. The van der Waals surface area contributed by atoms with Crippen LogP contribution >= 0.6 is 34.0 Å². The lowest BCUT2D eigenvalue weighted by Crippen LogP contribution is -1.74. The Morgan fingerprint density at radius 2 is 1.38 bits per heavy atom. The van der Waals surface area contributed by atoms with Gasteiger partial charge in [-0.15, -0.1) is 34.0 Å². The van der Waals surface area contributed by atoms with E-state index < -0.39 is 0 Å². The van der Waals surface area contributed by atoms with E-state index >= 15 is 0 Å². The Bertz CT molecular complexity index is 1000. The Kier molecular flexibility index (Phi) is 4.36. The minimum Gasteiger partial charge on any atom is -0.143 e. The van der Waals surface area contributed by atoms with Gasteiger partial charge in [0, 0.05) is 25.1 Å². The average molecular weight is 363 g/mol. The second-order valence-corrected chi connectivity index (χ2v) is 8.54. The Balaban J connectivity index is 1.56. The van der Waals surface area contributed by atoms with Gasteiger partial charge >= 0.3 is 0 Å². The Hall–Kier alpha value is -2.12. The van der Waals surface area contributed by atoms with E-state index in [9.17, 15) is 0 Å². The van der Waals surface area contributed by atoms with Gasteiger partial charge in [0.15, 0.2) is 0 Å². The van der Waals surface area contributed by atoms with Crippen LogP contribution in [0.25, 0.3) is 19.5 Å². The molecule has 4 aromatic rings. The quantitative estimate of drug-likeness (QED) is 0.340. The van der Waals surface area contributed by atoms with Crippen LogP contribution in [-0.4, -0.2) is 0 Å². The molecule has 0 atom stereocenters. The van der Waals surface area contributed by atoms with Gasteiger partial charge in [-0.05, 0) is 54.8 Å². The summed E-state index contributed by atoms with van der Waals surface area (Å²) >= 11 is 5.39. The van der Waals surface area contributed by atoms with Gasteiger partial charge in [0.1, 0.15) is 0 Å². The number of hydrogen-bond acceptors (Lipinski definition) is 3. The SMILES string of the molecule is Cc1ccc(C#Cc2ccc(-c3ccc(-c4cccs4)s3)s2)cc1. The molecule has 0 saturated carbocycles. The summed E-state index contributed by atoms with van der Waals surface area (Å²) < 4.78 is 0. The van der Waals surface area contributed by atoms with Crippen molar-refractivity contribution in [2.45, 2.75) is 6.92 Å². The monoisotopic (exact) mass is 362 g/mol. The molecule has 0 bridgehead atoms. The highest BCUT2D eigenvalue weighted by Crippen LogP contribution is 2.38. The molecule has 0 aliphatic carbocycles. The number of hydrogen-bond donors (Lipinski definition) is 0. The zero-order valence-corrected chi connectivity index (χ0v) is 15.5. The lowest BCUT2D eigenvalue weighted by atomic mass is 10.1. The molecule has 0 aliphatic heterocycles. The molecule has 3 aromatic heterocycles. The summed E-state index contributed by atoms with van der Waals surface area (Å²) in [5, 5.41) is 2.12. The van der Waals surface area contributed by atoms with Crippen LogP contribution in [0.1, 0.15) is 16.0 Å². The van der Waals surface area contributed by atoms with Crippen molar-refractivity contribution >= 4 is 34.0 Å². The molecular weight excluding hydrogens is 348 g/mol. The molecule has 3 heterocycles. The third kappa shape index (κ3) is 3.37. The summed E-state index contributed by atoms with van der Waals surface area (Å²) in [5.74, 6) is 6.53. The summed E-state index contributed by atoms with van der Waals surface area (Å²) in [4.78, 5) is 6.38. The van der Waals surface area contributed by atoms with Crippen molar-refractivity contribution < 1.29 is 0 Å². The van der Waals surface area contributed by atoms with Crippen LogP contribution < -0.4 is 0 Å². The number of rotatable bonds is 2. The molecule has 0 N–H and O–H groups in total. The minimum absolute atomic E-state index is 1.06. The van der Waals surface area contributed by atoms with Gasteiger partial charge in [-0.2, -0.15) is 0 Å². The summed E-state index contributed by atoms with van der Waals surface area (Å²) in [6.45, 7) is 2.09. The largest absolute Gasteiger partial charge is 0.143 e. The topological polar surface area (TPSA) is 0 Å². The van der Waals surface area contributed by atoms with E-state index in [1.165, 1.54) is 25.1 Å². The van der Waals surface area contributed by atoms with Crippen molar-refractivity contribution in [1.29, 1.82) is 0 Å². The molecule has 0 unspecified atom stereocenters. The molecule has 1 aromatic carbocycles. The lowest BCUT2D eigenvalue weighted by molar-refractivity contribution is 1.46. The van der Waals surface area contributed by atoms with Crippen molar-refractivity contribution in [3.8, 4) is 31.3 Å². The Morgan fingerprint density at radius 1 is 0.667 bits per heavy atom. The van der Waals surface area contributed by atoms with E-state index in [2.05, 4.69) is 84.8 Å². The molecule has 4 rings (SSSR count). The molecule has 0 spiro atoms. The highest BCUT2D eigenvalue weighted by atomic mass is 32.1. The van der Waals surface area contributed by atoms with E-state index in [-0.39, 0.29) is 0 Å². The fraction of sp³-hybridized carbons (Fsp3) is 0.0476. The summed E-state index contributed by atoms with van der Waals surface area (Å²) in [6, 6.07) is 21.3. The number of thiophene rings is 3. The van der Waals surface area contributed by atoms with Crippen LogP contribution in [0.4, 0.5) is 0 Å². The van der Waals surface area contributed by atoms with Gasteiger partial charge in [0.05, 0.1) is 4.88 Å². The van der Waals surface area contributed by atoms with Gasteiger partial charge in [-0.25, -0.2) is 0 Å². The molecule has 0 radical (unpaired) electrons. The third-order valence-corrected chi connectivity index (χ3v) is 6.95. The predicted octanol–water partition coefficient (Wildman–Crippen LogP) is 6.91. The average Bonchev–Trinajstić information content (AvgIpc) is 3.33. The van der Waals surface area contributed by atoms with Gasteiger partial charge < -0.3 is 0 Å². The highest BCUT2D eigenvalue weighted by molar-refractivity contribution is 7.26. The first-order chi connectivity index (χ1) is 11.8. The molecule has 0 amide bonds. The molecule has 116 valence electrons. The first-order valence-electron chi connectivity index (χ1n) is 7.60. The van der Waals surface area contributed by atoms with Crippen LogP contribution in [-0.2, 0) is 0 Å². The maximum Gasteiger partial charge on any atom is 0.0779 e. The molecule has 0 aliphatic rings. The predicted molar refractivity (Wildman–Crippen MR) is 108 cm³/mol. The summed E-state index contributed by atoms with van der Waals surface area (Å²) in [6.07, 6.45) is 0. The lowest BCUT2D eigenvalue weighted by Gasteiger charge is -1.91. The molecule has 0 fully saturated rings. The van der Waals surface area contributed by atoms with Crippen LogP contribution in [0.3, 0.4) is 0 Å². The number of aryl methyl sites for hydroxylation is 1. The molecule has 3 heteroatoms. The van der Waals surface area contributed by atoms with Crippen LogP contribution in [0.5, 0.6) is 0 Å². The molecule has 24 heavy (non-hydrogen) atoms. The van der Waals surface area contributed by atoms with Crippen molar-refractivity contribution in [3.05, 3.63) is 82.0 Å². The van der Waals surface area contributed by atoms with Gasteiger partial charge in [-0.3, -0.25) is 0 Å². The maximum atomic E-state index is 3.28. The first-order valence-corrected chi connectivity index (χ1v) is 10.1. The second kappa shape index (κ2) is 6.78. The normalized spacial score (nSPS) is 10.4. The second-order valence-electron chi connectivity index (χ2n) is 5.42. The first kappa shape index (κ1) is 15.4. The van der Waals surface area contributed by atoms with Crippen molar-refractivity contribution in [2.24, 2.45) is 0 Å². The van der Waals surface area contributed by atoms with E-state index in [0.29, 0.717) is 0 Å². The molecular formula is C21H14S3. The fourth-order valence-corrected chi connectivity index (χ4v) is 5.12.